The second-order valence-corrected chi connectivity index (χ2v) is 9.62. The molecule has 0 bridgehead atoms. The fraction of sp³-hybridized carbons (Fsp3) is 0. The first kappa shape index (κ1) is 19.6. The lowest BCUT2D eigenvalue weighted by atomic mass is 9.99. The monoisotopic (exact) mass is 497 g/mol. The average Bonchev–Trinajstić information content (AvgIpc) is 3.40. The van der Waals surface area contributed by atoms with E-state index in [4.69, 9.17) is 0 Å². The van der Waals surface area contributed by atoms with E-state index in [1.807, 2.05) is 0 Å². The molecular formula is C32H20BrN. The van der Waals surface area contributed by atoms with E-state index in [-0.39, 0.29) is 0 Å². The Balaban J connectivity index is 1.72. The van der Waals surface area contributed by atoms with Crippen molar-refractivity contribution >= 4 is 26.7 Å². The van der Waals surface area contributed by atoms with Gasteiger partial charge >= 0.3 is 0 Å². The second kappa shape index (κ2) is 7.58. The summed E-state index contributed by atoms with van der Waals surface area (Å²) in [5.41, 5.74) is 11.3. The summed E-state index contributed by atoms with van der Waals surface area (Å²) in [4.78, 5) is 0. The number of rotatable bonds is 3. The Kier molecular flexibility index (Phi) is 4.36. The summed E-state index contributed by atoms with van der Waals surface area (Å²) >= 11 is 3.71. The lowest BCUT2D eigenvalue weighted by molar-refractivity contribution is 1.09. The molecule has 0 saturated heterocycles. The van der Waals surface area contributed by atoms with Crippen molar-refractivity contribution in [2.75, 3.05) is 0 Å². The quantitative estimate of drug-likeness (QED) is 0.229. The molecule has 7 rings (SSSR count). The lowest BCUT2D eigenvalue weighted by Gasteiger charge is -2.17. The van der Waals surface area contributed by atoms with Crippen LogP contribution in [-0.2, 0) is 0 Å². The van der Waals surface area contributed by atoms with Crippen LogP contribution >= 0.6 is 15.9 Å². The Morgan fingerprint density at radius 1 is 0.500 bits per heavy atom. The van der Waals surface area contributed by atoms with Crippen LogP contribution in [0.2, 0.25) is 0 Å². The summed E-state index contributed by atoms with van der Waals surface area (Å²) in [7, 11) is 0. The van der Waals surface area contributed by atoms with Crippen LogP contribution in [0.4, 0.5) is 0 Å². The van der Waals surface area contributed by atoms with Crippen LogP contribution in [0.3, 0.4) is 0 Å². The van der Waals surface area contributed by atoms with Gasteiger partial charge in [-0.3, -0.25) is 0 Å². The van der Waals surface area contributed by atoms with E-state index >= 15 is 0 Å². The molecule has 6 aromatic rings. The summed E-state index contributed by atoms with van der Waals surface area (Å²) in [6, 6.07) is 43.6. The van der Waals surface area contributed by atoms with Gasteiger partial charge in [0.15, 0.2) is 0 Å². The van der Waals surface area contributed by atoms with Gasteiger partial charge in [-0.1, -0.05) is 119 Å². The molecule has 0 radical (unpaired) electrons. The first-order valence-corrected chi connectivity index (χ1v) is 12.3. The van der Waals surface area contributed by atoms with Crippen molar-refractivity contribution in [1.82, 2.24) is 4.57 Å². The van der Waals surface area contributed by atoms with Gasteiger partial charge in [-0.2, -0.15) is 0 Å². The van der Waals surface area contributed by atoms with Crippen LogP contribution in [0, 0.1) is 0 Å². The Hall–Kier alpha value is -3.88. The molecule has 0 unspecified atom stereocenters. The topological polar surface area (TPSA) is 4.93 Å². The molecular weight excluding hydrogens is 478 g/mol. The first-order chi connectivity index (χ1) is 16.8. The summed E-state index contributed by atoms with van der Waals surface area (Å²) in [5.74, 6) is 0. The molecule has 160 valence electrons. The van der Waals surface area contributed by atoms with E-state index in [2.05, 4.69) is 142 Å². The fourth-order valence-corrected chi connectivity index (χ4v) is 5.85. The molecule has 1 heterocycles. The molecule has 1 aliphatic rings. The van der Waals surface area contributed by atoms with E-state index in [0.717, 1.165) is 10.2 Å². The summed E-state index contributed by atoms with van der Waals surface area (Å²) in [6.45, 7) is 0. The third kappa shape index (κ3) is 2.79. The van der Waals surface area contributed by atoms with Crippen molar-refractivity contribution < 1.29 is 0 Å². The normalized spacial score (nSPS) is 11.7. The van der Waals surface area contributed by atoms with Gasteiger partial charge in [-0.15, -0.1) is 0 Å². The Morgan fingerprint density at radius 3 is 1.56 bits per heavy atom. The van der Waals surface area contributed by atoms with Gasteiger partial charge in [-0.25, -0.2) is 0 Å². The summed E-state index contributed by atoms with van der Waals surface area (Å²) in [6.07, 6.45) is 0. The molecule has 5 aromatic carbocycles. The maximum absolute atomic E-state index is 3.71. The van der Waals surface area contributed by atoms with Gasteiger partial charge < -0.3 is 4.57 Å². The standard InChI is InChI=1S/C32H20BrN/c33-24-16-9-17-25(20-24)34-31(22-10-3-1-4-11-22)29-26-18-7-14-21-15-8-19-27(28(21)26)30(29)32(34)23-12-5-2-6-13-23/h1-20H. The number of benzene rings is 5. The van der Waals surface area contributed by atoms with Gasteiger partial charge in [0.2, 0.25) is 0 Å². The predicted octanol–water partition coefficient (Wildman–Crippen LogP) is 9.37. The molecule has 0 spiro atoms. The molecule has 0 saturated carbocycles. The average molecular weight is 498 g/mol. The Labute approximate surface area is 207 Å². The highest BCUT2D eigenvalue weighted by Gasteiger charge is 2.33. The van der Waals surface area contributed by atoms with Crippen molar-refractivity contribution in [1.29, 1.82) is 0 Å². The van der Waals surface area contributed by atoms with Gasteiger partial charge in [0.1, 0.15) is 0 Å². The van der Waals surface area contributed by atoms with Crippen LogP contribution < -0.4 is 0 Å². The van der Waals surface area contributed by atoms with E-state index in [9.17, 15) is 0 Å². The maximum atomic E-state index is 3.71. The van der Waals surface area contributed by atoms with Crippen LogP contribution in [0.15, 0.2) is 126 Å². The number of hydrogen-bond acceptors (Lipinski definition) is 0. The molecule has 34 heavy (non-hydrogen) atoms. The number of hydrogen-bond donors (Lipinski definition) is 0. The highest BCUT2D eigenvalue weighted by molar-refractivity contribution is 9.10. The van der Waals surface area contributed by atoms with Crippen molar-refractivity contribution in [2.45, 2.75) is 0 Å². The molecule has 1 aromatic heterocycles. The lowest BCUT2D eigenvalue weighted by Crippen LogP contribution is -2.01. The molecule has 2 heteroatoms. The van der Waals surface area contributed by atoms with Crippen molar-refractivity contribution in [3.8, 4) is 50.5 Å². The van der Waals surface area contributed by atoms with E-state index in [1.165, 1.54) is 55.5 Å². The van der Waals surface area contributed by atoms with Crippen LogP contribution in [-0.4, -0.2) is 4.57 Å². The third-order valence-electron chi connectivity index (χ3n) is 6.78. The zero-order valence-electron chi connectivity index (χ0n) is 18.4. The minimum absolute atomic E-state index is 1.07. The van der Waals surface area contributed by atoms with Crippen LogP contribution in [0.1, 0.15) is 0 Å². The number of nitrogens with zero attached hydrogens (tertiary/aromatic N) is 1. The van der Waals surface area contributed by atoms with Gasteiger partial charge in [-0.05, 0) is 51.2 Å². The first-order valence-electron chi connectivity index (χ1n) is 11.5. The van der Waals surface area contributed by atoms with Crippen molar-refractivity contribution in [3.05, 3.63) is 126 Å². The Bertz CT molecular complexity index is 1590. The van der Waals surface area contributed by atoms with Gasteiger partial charge in [0.25, 0.3) is 0 Å². The fourth-order valence-electron chi connectivity index (χ4n) is 5.47. The van der Waals surface area contributed by atoms with Crippen molar-refractivity contribution in [2.24, 2.45) is 0 Å². The minimum Gasteiger partial charge on any atom is -0.308 e. The molecule has 0 fully saturated rings. The van der Waals surface area contributed by atoms with E-state index < -0.39 is 0 Å². The van der Waals surface area contributed by atoms with Gasteiger partial charge in [0.05, 0.1) is 11.4 Å². The van der Waals surface area contributed by atoms with Gasteiger partial charge in [0, 0.05) is 21.3 Å². The highest BCUT2D eigenvalue weighted by atomic mass is 79.9. The predicted molar refractivity (Wildman–Crippen MR) is 146 cm³/mol. The summed E-state index contributed by atoms with van der Waals surface area (Å²) < 4.78 is 3.52. The van der Waals surface area contributed by atoms with Crippen LogP contribution in [0.5, 0.6) is 0 Å². The van der Waals surface area contributed by atoms with Crippen molar-refractivity contribution in [3.63, 3.8) is 0 Å². The third-order valence-corrected chi connectivity index (χ3v) is 7.27. The molecule has 1 aliphatic carbocycles. The van der Waals surface area contributed by atoms with Crippen LogP contribution in [0.25, 0.3) is 61.2 Å². The summed E-state index contributed by atoms with van der Waals surface area (Å²) in [5, 5.41) is 2.64. The smallest absolute Gasteiger partial charge is 0.0620 e. The largest absolute Gasteiger partial charge is 0.308 e. The molecule has 0 atom stereocenters. The number of aromatic nitrogens is 1. The second-order valence-electron chi connectivity index (χ2n) is 8.70. The SMILES string of the molecule is Brc1cccc(-n2c(-c3ccccc3)c3c(c2-c2ccccc2)-c2cccc4cccc-3c24)c1. The zero-order valence-corrected chi connectivity index (χ0v) is 20.0. The molecule has 0 amide bonds. The highest BCUT2D eigenvalue weighted by Crippen LogP contribution is 2.57. The maximum Gasteiger partial charge on any atom is 0.0620 e. The zero-order chi connectivity index (χ0) is 22.6. The number of fused-ring (bicyclic) bond motifs is 3. The van der Waals surface area contributed by atoms with E-state index in [1.54, 1.807) is 0 Å². The van der Waals surface area contributed by atoms with E-state index in [0.29, 0.717) is 0 Å². The molecule has 1 nitrogen and oxygen atoms in total. The minimum atomic E-state index is 1.07. The number of halogens is 1. The molecule has 0 aliphatic heterocycles. The molecule has 0 N–H and O–H groups in total. The Morgan fingerprint density at radius 2 is 1.03 bits per heavy atom.